The van der Waals surface area contributed by atoms with E-state index in [1.165, 1.54) is 24.0 Å². The largest absolute Gasteiger partial charge is 0.335 e. The van der Waals surface area contributed by atoms with Crippen LogP contribution in [0.15, 0.2) is 51.4 Å². The van der Waals surface area contributed by atoms with E-state index in [4.69, 9.17) is 0 Å². The molecule has 0 unspecified atom stereocenters. The molecule has 0 bridgehead atoms. The van der Waals surface area contributed by atoms with Crippen molar-refractivity contribution >= 4 is 23.8 Å². The van der Waals surface area contributed by atoms with Crippen LogP contribution >= 0.6 is 0 Å². The molecule has 3 aliphatic heterocycles. The predicted molar refractivity (Wildman–Crippen MR) is 112 cm³/mol. The lowest BCUT2D eigenvalue weighted by molar-refractivity contribution is -0.123. The van der Waals surface area contributed by atoms with Gasteiger partial charge in [0, 0.05) is 19.3 Å². The first-order chi connectivity index (χ1) is 13.7. The number of carbonyl (C=O) groups excluding carboxylic acids is 1. The Labute approximate surface area is 166 Å². The number of likely N-dealkylation sites (tertiary alicyclic amines) is 1. The molecule has 2 fully saturated rings. The molecule has 28 heavy (non-hydrogen) atoms. The Hall–Kier alpha value is -2.56. The highest BCUT2D eigenvalue weighted by molar-refractivity contribution is 6.41. The molecule has 4 aliphatic rings. The molecule has 1 aromatic carbocycles. The van der Waals surface area contributed by atoms with Gasteiger partial charge in [-0.25, -0.2) is 9.98 Å². The zero-order chi connectivity index (χ0) is 19.1. The maximum absolute atomic E-state index is 13.0. The van der Waals surface area contributed by atoms with Gasteiger partial charge in [0.25, 0.3) is 5.91 Å². The van der Waals surface area contributed by atoms with Crippen LogP contribution in [-0.4, -0.2) is 47.8 Å². The average Bonchev–Trinajstić information content (AvgIpc) is 3.35. The molecule has 0 radical (unpaired) electrons. The average molecular weight is 374 g/mol. The van der Waals surface area contributed by atoms with Crippen LogP contribution in [0.1, 0.15) is 42.7 Å². The first-order valence-corrected chi connectivity index (χ1v) is 10.4. The minimum absolute atomic E-state index is 0.00996. The van der Waals surface area contributed by atoms with Crippen molar-refractivity contribution in [2.45, 2.75) is 44.6 Å². The number of nitrogens with zero attached hydrogens (tertiary/aromatic N) is 4. The lowest BCUT2D eigenvalue weighted by atomic mass is 9.92. The fourth-order valence-electron chi connectivity index (χ4n) is 5.27. The highest BCUT2D eigenvalue weighted by Crippen LogP contribution is 2.46. The molecule has 144 valence electrons. The maximum atomic E-state index is 13.0. The van der Waals surface area contributed by atoms with Gasteiger partial charge in [0.15, 0.2) is 5.84 Å². The van der Waals surface area contributed by atoms with E-state index in [0.717, 1.165) is 25.9 Å². The summed E-state index contributed by atoms with van der Waals surface area (Å²) in [7, 11) is 0. The Balaban J connectivity index is 1.25. The highest BCUT2D eigenvalue weighted by atomic mass is 16.2. The quantitative estimate of drug-likeness (QED) is 0.781. The van der Waals surface area contributed by atoms with Crippen molar-refractivity contribution < 1.29 is 4.79 Å². The number of allylic oxidation sites excluding steroid dienone is 2. The van der Waals surface area contributed by atoms with E-state index in [2.05, 4.69) is 52.2 Å². The first-order valence-electron chi connectivity index (χ1n) is 10.4. The van der Waals surface area contributed by atoms with Crippen LogP contribution in [0, 0.1) is 18.8 Å². The monoisotopic (exact) mass is 374 g/mol. The van der Waals surface area contributed by atoms with Gasteiger partial charge in [-0.2, -0.15) is 0 Å². The van der Waals surface area contributed by atoms with Gasteiger partial charge in [0.2, 0.25) is 5.84 Å². The SMILES string of the molecule is Cc1ccccc1[C@@H]1C[C@@H]2CN(C(=O)C3=N[C@H]4CC/C=C\C=N/C4=N3)C[C@@H]2C1. The topological polar surface area (TPSA) is 57.4 Å². The molecule has 1 aliphatic carbocycles. The molecule has 5 nitrogen and oxygen atoms in total. The standard InChI is InChI=1S/C23H26N4O/c1-15-7-4-5-8-19(15)16-11-17-13-27(14-18(17)12-16)23(28)22-25-20-9-3-2-6-10-24-21(20)26-22/h2,4-8,10,16-18,20H,3,9,11-14H2,1H3/b6-2-,24-10-/t16-,17-,18+,20-/m0/s1. The predicted octanol–water partition coefficient (Wildman–Crippen LogP) is 3.55. The number of benzene rings is 1. The van der Waals surface area contributed by atoms with Crippen molar-refractivity contribution in [2.24, 2.45) is 26.8 Å². The molecular weight excluding hydrogens is 348 g/mol. The molecule has 5 rings (SSSR count). The van der Waals surface area contributed by atoms with Crippen LogP contribution in [0.3, 0.4) is 0 Å². The second-order valence-corrected chi connectivity index (χ2v) is 8.48. The van der Waals surface area contributed by atoms with Crippen LogP contribution in [0.5, 0.6) is 0 Å². The Morgan fingerprint density at radius 3 is 2.71 bits per heavy atom. The molecule has 1 saturated heterocycles. The summed E-state index contributed by atoms with van der Waals surface area (Å²) in [6.07, 6.45) is 9.94. The Morgan fingerprint density at radius 2 is 1.93 bits per heavy atom. The molecule has 4 atom stereocenters. The summed E-state index contributed by atoms with van der Waals surface area (Å²) in [5, 5.41) is 0. The van der Waals surface area contributed by atoms with E-state index in [0.29, 0.717) is 29.4 Å². The van der Waals surface area contributed by atoms with Crippen LogP contribution < -0.4 is 0 Å². The number of aryl methyl sites for hydroxylation is 1. The molecule has 5 heteroatoms. The van der Waals surface area contributed by atoms with Crippen LogP contribution in [-0.2, 0) is 4.79 Å². The van der Waals surface area contributed by atoms with E-state index in [-0.39, 0.29) is 11.9 Å². The van der Waals surface area contributed by atoms with E-state index >= 15 is 0 Å². The van der Waals surface area contributed by atoms with E-state index in [9.17, 15) is 4.79 Å². The number of amidine groups is 2. The molecule has 0 spiro atoms. The van der Waals surface area contributed by atoms with Gasteiger partial charge in [0.05, 0.1) is 0 Å². The molecular formula is C23H26N4O. The maximum Gasteiger partial charge on any atom is 0.291 e. The summed E-state index contributed by atoms with van der Waals surface area (Å²) in [5.74, 6) is 2.86. The molecule has 1 amide bonds. The minimum atomic E-state index is -0.0623. The second-order valence-electron chi connectivity index (χ2n) is 8.48. The number of amides is 1. The zero-order valence-electron chi connectivity index (χ0n) is 16.3. The summed E-state index contributed by atoms with van der Waals surface area (Å²) in [6, 6.07) is 8.67. The highest BCUT2D eigenvalue weighted by Gasteiger charge is 2.44. The summed E-state index contributed by atoms with van der Waals surface area (Å²) >= 11 is 0. The zero-order valence-corrected chi connectivity index (χ0v) is 16.3. The Kier molecular flexibility index (Phi) is 4.46. The van der Waals surface area contributed by atoms with Crippen molar-refractivity contribution in [1.82, 2.24) is 4.90 Å². The van der Waals surface area contributed by atoms with Crippen molar-refractivity contribution in [3.05, 3.63) is 47.5 Å². The molecule has 0 aromatic heterocycles. The molecule has 1 saturated carbocycles. The summed E-state index contributed by atoms with van der Waals surface area (Å²) in [4.78, 5) is 28.4. The summed E-state index contributed by atoms with van der Waals surface area (Å²) in [5.41, 5.74) is 2.88. The van der Waals surface area contributed by atoms with Gasteiger partial charge in [-0.05, 0) is 67.6 Å². The van der Waals surface area contributed by atoms with Gasteiger partial charge >= 0.3 is 0 Å². The molecule has 3 heterocycles. The number of fused-ring (bicyclic) bond motifs is 2. The number of carbonyl (C=O) groups is 1. The molecule has 0 N–H and O–H groups in total. The van der Waals surface area contributed by atoms with Crippen LogP contribution in [0.25, 0.3) is 0 Å². The van der Waals surface area contributed by atoms with Gasteiger partial charge < -0.3 is 4.90 Å². The lowest BCUT2D eigenvalue weighted by Gasteiger charge is -2.19. The van der Waals surface area contributed by atoms with Crippen molar-refractivity contribution in [1.29, 1.82) is 0 Å². The third kappa shape index (κ3) is 3.13. The number of hydrogen-bond donors (Lipinski definition) is 0. The van der Waals surface area contributed by atoms with Gasteiger partial charge in [-0.1, -0.05) is 30.3 Å². The van der Waals surface area contributed by atoms with Crippen molar-refractivity contribution in [3.8, 4) is 0 Å². The van der Waals surface area contributed by atoms with Gasteiger partial charge in [-0.3, -0.25) is 9.79 Å². The van der Waals surface area contributed by atoms with Gasteiger partial charge in [0.1, 0.15) is 6.04 Å². The Bertz CT molecular complexity index is 899. The van der Waals surface area contributed by atoms with Gasteiger partial charge in [-0.15, -0.1) is 0 Å². The smallest absolute Gasteiger partial charge is 0.291 e. The van der Waals surface area contributed by atoms with Crippen LogP contribution in [0.4, 0.5) is 0 Å². The van der Waals surface area contributed by atoms with Crippen LogP contribution in [0.2, 0.25) is 0 Å². The number of rotatable bonds is 2. The summed E-state index contributed by atoms with van der Waals surface area (Å²) < 4.78 is 0. The number of aliphatic imine (C=N–C) groups is 3. The van der Waals surface area contributed by atoms with Crippen molar-refractivity contribution in [3.63, 3.8) is 0 Å². The molecule has 1 aromatic rings. The second kappa shape index (κ2) is 7.12. The third-order valence-electron chi connectivity index (χ3n) is 6.69. The normalized spacial score (nSPS) is 33.4. The fraction of sp³-hybridized carbons (Fsp3) is 0.478. The lowest BCUT2D eigenvalue weighted by Crippen LogP contribution is -2.34. The summed E-state index contributed by atoms with van der Waals surface area (Å²) in [6.45, 7) is 3.88. The minimum Gasteiger partial charge on any atom is -0.335 e. The van der Waals surface area contributed by atoms with Crippen molar-refractivity contribution in [2.75, 3.05) is 13.1 Å². The van der Waals surface area contributed by atoms with E-state index < -0.39 is 0 Å². The Morgan fingerprint density at radius 1 is 1.14 bits per heavy atom. The first kappa shape index (κ1) is 17.5. The third-order valence-corrected chi connectivity index (χ3v) is 6.69. The van der Waals surface area contributed by atoms with E-state index in [1.807, 2.05) is 11.0 Å². The van der Waals surface area contributed by atoms with E-state index in [1.54, 1.807) is 6.21 Å². The fourth-order valence-corrected chi connectivity index (χ4v) is 5.27. The number of hydrogen-bond acceptors (Lipinski definition) is 4.